The largest absolute Gasteiger partial charge is 0.744 e. The summed E-state index contributed by atoms with van der Waals surface area (Å²) in [7, 11) is -2.60. The van der Waals surface area contributed by atoms with E-state index >= 15 is 0 Å². The van der Waals surface area contributed by atoms with Crippen LogP contribution in [0.4, 0.5) is 0 Å². The normalized spacial score (nSPS) is 10.7. The molecular formula is C20H20ClNO4S. The van der Waals surface area contributed by atoms with Gasteiger partial charge in [-0.2, -0.15) is 4.57 Å². The zero-order valence-corrected chi connectivity index (χ0v) is 16.6. The lowest BCUT2D eigenvalue weighted by atomic mass is 10.2. The zero-order chi connectivity index (χ0) is 19.9. The first-order chi connectivity index (χ1) is 12.8. The topological polar surface area (TPSA) is 70.3 Å². The van der Waals surface area contributed by atoms with Crippen molar-refractivity contribution in [2.75, 3.05) is 7.11 Å². The molecule has 0 radical (unpaired) electrons. The quantitative estimate of drug-likeness (QED) is 0.491. The molecule has 1 heterocycles. The third-order valence-electron chi connectivity index (χ3n) is 3.66. The molecule has 3 rings (SSSR count). The Kier molecular flexibility index (Phi) is 7.36. The molecule has 5 nitrogen and oxygen atoms in total. The standard InChI is InChI=1S/C13H13ClNO.C7H8O3S/c1-16-13-6-4-11(5-7-13)9-15-8-2-3-12(14)10-15;1-6-2-4-7(5-3-6)11(8,9)10/h2-8,10H,9H2,1H3;2-5H,1H3,(H,8,9,10)/q+1;/p-1. The van der Waals surface area contributed by atoms with E-state index in [0.717, 1.165) is 22.9 Å². The van der Waals surface area contributed by atoms with Crippen molar-refractivity contribution in [3.05, 3.63) is 89.2 Å². The predicted molar refractivity (Wildman–Crippen MR) is 103 cm³/mol. The molecule has 0 fully saturated rings. The van der Waals surface area contributed by atoms with E-state index < -0.39 is 10.1 Å². The molecule has 0 amide bonds. The number of ether oxygens (including phenoxy) is 1. The van der Waals surface area contributed by atoms with Crippen molar-refractivity contribution in [2.24, 2.45) is 0 Å². The van der Waals surface area contributed by atoms with Gasteiger partial charge in [-0.25, -0.2) is 8.42 Å². The van der Waals surface area contributed by atoms with Gasteiger partial charge in [0.15, 0.2) is 18.9 Å². The fourth-order valence-electron chi connectivity index (χ4n) is 2.24. The summed E-state index contributed by atoms with van der Waals surface area (Å²) in [5.74, 6) is 0.875. The van der Waals surface area contributed by atoms with E-state index in [-0.39, 0.29) is 4.90 Å². The van der Waals surface area contributed by atoms with Gasteiger partial charge in [-0.05, 0) is 49.4 Å². The first-order valence-electron chi connectivity index (χ1n) is 8.08. The fourth-order valence-corrected chi connectivity index (χ4v) is 2.90. The smallest absolute Gasteiger partial charge is 0.187 e. The molecule has 0 aliphatic rings. The maximum atomic E-state index is 10.4. The highest BCUT2D eigenvalue weighted by atomic mass is 35.5. The third-order valence-corrected chi connectivity index (χ3v) is 4.73. The van der Waals surface area contributed by atoms with Crippen LogP contribution in [0.25, 0.3) is 0 Å². The first-order valence-corrected chi connectivity index (χ1v) is 9.86. The molecule has 0 bridgehead atoms. The van der Waals surface area contributed by atoms with Crippen molar-refractivity contribution in [1.82, 2.24) is 0 Å². The summed E-state index contributed by atoms with van der Waals surface area (Å²) in [4.78, 5) is -0.178. The molecule has 0 saturated heterocycles. The lowest BCUT2D eigenvalue weighted by molar-refractivity contribution is -0.688. The van der Waals surface area contributed by atoms with Gasteiger partial charge in [0.05, 0.1) is 12.0 Å². The molecule has 142 valence electrons. The van der Waals surface area contributed by atoms with Crippen LogP contribution in [0.15, 0.2) is 78.0 Å². The number of aromatic nitrogens is 1. The number of aryl methyl sites for hydroxylation is 1. The van der Waals surface area contributed by atoms with E-state index in [9.17, 15) is 13.0 Å². The monoisotopic (exact) mass is 405 g/mol. The number of pyridine rings is 1. The number of methoxy groups -OCH3 is 1. The molecule has 27 heavy (non-hydrogen) atoms. The summed E-state index contributed by atoms with van der Waals surface area (Å²) in [6.45, 7) is 2.63. The van der Waals surface area contributed by atoms with Gasteiger partial charge in [-0.1, -0.05) is 29.3 Å². The summed E-state index contributed by atoms with van der Waals surface area (Å²) >= 11 is 5.92. The summed E-state index contributed by atoms with van der Waals surface area (Å²) in [6, 6.07) is 17.6. The van der Waals surface area contributed by atoms with Crippen molar-refractivity contribution in [2.45, 2.75) is 18.4 Å². The van der Waals surface area contributed by atoms with Crippen LogP contribution in [0, 0.1) is 6.92 Å². The highest BCUT2D eigenvalue weighted by Crippen LogP contribution is 2.11. The fraction of sp³-hybridized carbons (Fsp3) is 0.150. The molecule has 7 heteroatoms. The Morgan fingerprint density at radius 3 is 2.19 bits per heavy atom. The van der Waals surface area contributed by atoms with E-state index in [0.29, 0.717) is 0 Å². The number of hydrogen-bond acceptors (Lipinski definition) is 4. The Morgan fingerprint density at radius 1 is 1.04 bits per heavy atom. The number of halogens is 1. The van der Waals surface area contributed by atoms with Crippen molar-refractivity contribution < 1.29 is 22.3 Å². The average molecular weight is 406 g/mol. The molecule has 0 unspecified atom stereocenters. The van der Waals surface area contributed by atoms with Crippen molar-refractivity contribution in [3.8, 4) is 5.75 Å². The minimum absolute atomic E-state index is 0.178. The van der Waals surface area contributed by atoms with Gasteiger partial charge >= 0.3 is 0 Å². The van der Waals surface area contributed by atoms with Gasteiger partial charge in [0.2, 0.25) is 0 Å². The number of hydrogen-bond donors (Lipinski definition) is 0. The second-order valence-corrected chi connectivity index (χ2v) is 7.63. The first kappa shape index (κ1) is 20.9. The summed E-state index contributed by atoms with van der Waals surface area (Å²) < 4.78 is 38.3. The Morgan fingerprint density at radius 2 is 1.67 bits per heavy atom. The van der Waals surface area contributed by atoms with Crippen LogP contribution in [0.2, 0.25) is 5.02 Å². The summed E-state index contributed by atoms with van der Waals surface area (Å²) in [5, 5.41) is 0.746. The van der Waals surface area contributed by atoms with Crippen LogP contribution in [0.1, 0.15) is 11.1 Å². The minimum Gasteiger partial charge on any atom is -0.744 e. The van der Waals surface area contributed by atoms with Gasteiger partial charge < -0.3 is 9.29 Å². The molecule has 0 aliphatic carbocycles. The van der Waals surface area contributed by atoms with Crippen molar-refractivity contribution in [3.63, 3.8) is 0 Å². The summed E-state index contributed by atoms with van der Waals surface area (Å²) in [6.07, 6.45) is 3.90. The van der Waals surface area contributed by atoms with E-state index in [4.69, 9.17) is 16.3 Å². The second-order valence-electron chi connectivity index (χ2n) is 5.81. The van der Waals surface area contributed by atoms with Gasteiger partial charge in [0.25, 0.3) is 0 Å². The number of rotatable bonds is 4. The molecule has 2 aromatic carbocycles. The van der Waals surface area contributed by atoms with E-state index in [1.807, 2.05) is 60.3 Å². The molecule has 0 atom stereocenters. The lowest BCUT2D eigenvalue weighted by Gasteiger charge is -2.05. The molecule has 0 spiro atoms. The van der Waals surface area contributed by atoms with Gasteiger partial charge in [0.1, 0.15) is 20.9 Å². The van der Waals surface area contributed by atoms with Crippen LogP contribution in [0.3, 0.4) is 0 Å². The van der Waals surface area contributed by atoms with Crippen LogP contribution >= 0.6 is 11.6 Å². The third kappa shape index (κ3) is 7.02. The number of nitrogens with zero attached hydrogens (tertiary/aromatic N) is 1. The van der Waals surface area contributed by atoms with E-state index in [1.165, 1.54) is 17.7 Å². The minimum atomic E-state index is -4.27. The molecule has 3 aromatic rings. The molecule has 0 N–H and O–H groups in total. The molecular weight excluding hydrogens is 386 g/mol. The van der Waals surface area contributed by atoms with Gasteiger partial charge in [-0.3, -0.25) is 0 Å². The lowest BCUT2D eigenvalue weighted by Crippen LogP contribution is -2.33. The molecule has 0 saturated carbocycles. The predicted octanol–water partition coefficient (Wildman–Crippen LogP) is 3.58. The number of benzene rings is 2. The second kappa shape index (κ2) is 9.50. The van der Waals surface area contributed by atoms with Crippen molar-refractivity contribution in [1.29, 1.82) is 0 Å². The SMILES string of the molecule is COc1ccc(C[n+]2cccc(Cl)c2)cc1.Cc1ccc(S(=O)(=O)[O-])cc1. The Balaban J connectivity index is 0.000000208. The van der Waals surface area contributed by atoms with E-state index in [1.54, 1.807) is 19.2 Å². The summed E-state index contributed by atoms with van der Waals surface area (Å²) in [5.41, 5.74) is 2.14. The average Bonchev–Trinajstić information content (AvgIpc) is 2.62. The van der Waals surface area contributed by atoms with Crippen LogP contribution in [-0.4, -0.2) is 20.1 Å². The zero-order valence-electron chi connectivity index (χ0n) is 15.0. The molecule has 0 aliphatic heterocycles. The molecule has 1 aromatic heterocycles. The van der Waals surface area contributed by atoms with Crippen LogP contribution < -0.4 is 9.30 Å². The Bertz CT molecular complexity index is 972. The van der Waals surface area contributed by atoms with Crippen LogP contribution in [-0.2, 0) is 16.7 Å². The van der Waals surface area contributed by atoms with E-state index in [2.05, 4.69) is 0 Å². The highest BCUT2D eigenvalue weighted by molar-refractivity contribution is 7.85. The maximum absolute atomic E-state index is 10.4. The highest BCUT2D eigenvalue weighted by Gasteiger charge is 2.03. The van der Waals surface area contributed by atoms with Gasteiger partial charge in [-0.15, -0.1) is 0 Å². The van der Waals surface area contributed by atoms with Crippen molar-refractivity contribution >= 4 is 21.7 Å². The Hall–Kier alpha value is -2.41. The Labute approximate surface area is 164 Å². The van der Waals surface area contributed by atoms with Gasteiger partial charge in [0, 0.05) is 11.6 Å². The maximum Gasteiger partial charge on any atom is 0.187 e. The van der Waals surface area contributed by atoms with Crippen LogP contribution in [0.5, 0.6) is 5.75 Å².